The highest BCUT2D eigenvalue weighted by molar-refractivity contribution is 5.78. The fourth-order valence-corrected chi connectivity index (χ4v) is 2.26. The normalized spacial score (nSPS) is 19.9. The smallest absolute Gasteiger partial charge is 0.136 e. The van der Waals surface area contributed by atoms with Crippen LogP contribution >= 0.6 is 0 Å². The molecule has 2 nitrogen and oxygen atoms in total. The van der Waals surface area contributed by atoms with Gasteiger partial charge in [0.2, 0.25) is 0 Å². The van der Waals surface area contributed by atoms with Crippen molar-refractivity contribution < 1.29 is 9.52 Å². The van der Waals surface area contributed by atoms with E-state index in [1.165, 1.54) is 5.56 Å². The quantitative estimate of drug-likeness (QED) is 0.835. The van der Waals surface area contributed by atoms with Crippen molar-refractivity contribution in [2.75, 3.05) is 0 Å². The van der Waals surface area contributed by atoms with Gasteiger partial charge in [0.25, 0.3) is 0 Å². The molecule has 1 heterocycles. The number of hydrogen-bond acceptors (Lipinski definition) is 2. The Bertz CT molecular complexity index is 533. The molecule has 1 aromatic carbocycles. The van der Waals surface area contributed by atoms with E-state index in [9.17, 15) is 5.11 Å². The molecule has 1 atom stereocenters. The first-order chi connectivity index (χ1) is 7.57. The van der Waals surface area contributed by atoms with Crippen molar-refractivity contribution in [3.63, 3.8) is 0 Å². The van der Waals surface area contributed by atoms with Gasteiger partial charge in [0.05, 0.1) is 0 Å². The van der Waals surface area contributed by atoms with Crippen LogP contribution < -0.4 is 0 Å². The van der Waals surface area contributed by atoms with Gasteiger partial charge in [0.1, 0.15) is 16.9 Å². The maximum absolute atomic E-state index is 10.4. The molecular formula is C14H16O2. The first kappa shape index (κ1) is 9.91. The molecule has 2 heteroatoms. The number of furan rings is 1. The Morgan fingerprint density at radius 1 is 1.31 bits per heavy atom. The number of benzene rings is 1. The number of rotatable bonds is 2. The maximum atomic E-state index is 10.4. The van der Waals surface area contributed by atoms with Crippen LogP contribution in [0.5, 0.6) is 0 Å². The molecule has 1 aliphatic carbocycles. The van der Waals surface area contributed by atoms with Crippen LogP contribution in [0.25, 0.3) is 11.0 Å². The van der Waals surface area contributed by atoms with Gasteiger partial charge in [-0.3, -0.25) is 0 Å². The summed E-state index contributed by atoms with van der Waals surface area (Å²) in [7, 11) is 0. The third kappa shape index (κ3) is 1.45. The molecule has 0 spiro atoms. The van der Waals surface area contributed by atoms with E-state index < -0.39 is 5.60 Å². The third-order valence-electron chi connectivity index (χ3n) is 3.54. The highest BCUT2D eigenvalue weighted by Gasteiger charge is 2.43. The van der Waals surface area contributed by atoms with Crippen molar-refractivity contribution in [2.24, 2.45) is 5.92 Å². The van der Waals surface area contributed by atoms with E-state index in [1.54, 1.807) is 0 Å². The zero-order valence-electron chi connectivity index (χ0n) is 9.66. The standard InChI is InChI=1S/C14H16O2/c1-9-3-6-12-10(7-9)8-13(16-12)14(2,15)11-4-5-11/h3,6-8,11,15H,4-5H2,1-2H3. The summed E-state index contributed by atoms with van der Waals surface area (Å²) in [5.41, 5.74) is 1.28. The Hall–Kier alpha value is -1.28. The van der Waals surface area contributed by atoms with Crippen LogP contribution in [0, 0.1) is 12.8 Å². The SMILES string of the molecule is Cc1ccc2oc(C(C)(O)C3CC3)cc2c1. The molecule has 3 rings (SSSR count). The molecule has 1 unspecified atom stereocenters. The lowest BCUT2D eigenvalue weighted by atomic mass is 9.97. The molecular weight excluding hydrogens is 200 g/mol. The Morgan fingerprint density at radius 3 is 2.75 bits per heavy atom. The summed E-state index contributed by atoms with van der Waals surface area (Å²) in [6, 6.07) is 8.06. The van der Waals surface area contributed by atoms with Gasteiger partial charge in [-0.25, -0.2) is 0 Å². The van der Waals surface area contributed by atoms with E-state index in [0.29, 0.717) is 11.7 Å². The van der Waals surface area contributed by atoms with E-state index >= 15 is 0 Å². The predicted molar refractivity (Wildman–Crippen MR) is 63.2 cm³/mol. The zero-order valence-corrected chi connectivity index (χ0v) is 9.66. The highest BCUT2D eigenvalue weighted by Crippen LogP contribution is 2.46. The van der Waals surface area contributed by atoms with Crippen molar-refractivity contribution >= 4 is 11.0 Å². The summed E-state index contributed by atoms with van der Waals surface area (Å²) >= 11 is 0. The van der Waals surface area contributed by atoms with Crippen molar-refractivity contribution in [1.82, 2.24) is 0 Å². The first-order valence-corrected chi connectivity index (χ1v) is 5.80. The minimum absolute atomic E-state index is 0.370. The van der Waals surface area contributed by atoms with E-state index in [-0.39, 0.29) is 0 Å². The largest absolute Gasteiger partial charge is 0.458 e. The monoisotopic (exact) mass is 216 g/mol. The van der Waals surface area contributed by atoms with Crippen LogP contribution in [0.1, 0.15) is 31.1 Å². The van der Waals surface area contributed by atoms with Crippen LogP contribution in [0.3, 0.4) is 0 Å². The van der Waals surface area contributed by atoms with Crippen molar-refractivity contribution in [1.29, 1.82) is 0 Å². The van der Waals surface area contributed by atoms with Gasteiger partial charge in [-0.2, -0.15) is 0 Å². The third-order valence-corrected chi connectivity index (χ3v) is 3.54. The molecule has 1 aliphatic rings. The fraction of sp³-hybridized carbons (Fsp3) is 0.429. The first-order valence-electron chi connectivity index (χ1n) is 5.80. The van der Waals surface area contributed by atoms with Crippen LogP contribution in [-0.2, 0) is 5.60 Å². The Morgan fingerprint density at radius 2 is 2.06 bits per heavy atom. The van der Waals surface area contributed by atoms with E-state index in [0.717, 1.165) is 23.8 Å². The van der Waals surface area contributed by atoms with Crippen LogP contribution in [0.2, 0.25) is 0 Å². The lowest BCUT2D eigenvalue weighted by Crippen LogP contribution is -2.22. The maximum Gasteiger partial charge on any atom is 0.136 e. The Labute approximate surface area is 94.9 Å². The Kier molecular flexibility index (Phi) is 1.93. The molecule has 84 valence electrons. The second-order valence-corrected chi connectivity index (χ2v) is 5.07. The summed E-state index contributed by atoms with van der Waals surface area (Å²) in [5.74, 6) is 1.07. The van der Waals surface area contributed by atoms with Crippen molar-refractivity contribution in [3.8, 4) is 0 Å². The Balaban J connectivity index is 2.11. The number of aryl methyl sites for hydroxylation is 1. The summed E-state index contributed by atoms with van der Waals surface area (Å²) < 4.78 is 5.74. The fourth-order valence-electron chi connectivity index (χ4n) is 2.26. The summed E-state index contributed by atoms with van der Waals surface area (Å²) in [4.78, 5) is 0. The molecule has 2 aromatic rings. The molecule has 0 amide bonds. The summed E-state index contributed by atoms with van der Waals surface area (Å²) in [5, 5.41) is 11.5. The van der Waals surface area contributed by atoms with Gasteiger partial charge in [0.15, 0.2) is 0 Å². The molecule has 0 saturated heterocycles. The molecule has 0 aliphatic heterocycles. The number of aliphatic hydroxyl groups is 1. The van der Waals surface area contributed by atoms with E-state index in [1.807, 2.05) is 25.1 Å². The topological polar surface area (TPSA) is 33.4 Å². The molecule has 1 saturated carbocycles. The molecule has 0 bridgehead atoms. The van der Waals surface area contributed by atoms with Gasteiger partial charge in [-0.1, -0.05) is 11.6 Å². The van der Waals surface area contributed by atoms with Crippen LogP contribution in [0.15, 0.2) is 28.7 Å². The number of hydrogen-bond donors (Lipinski definition) is 1. The lowest BCUT2D eigenvalue weighted by Gasteiger charge is -2.19. The highest BCUT2D eigenvalue weighted by atomic mass is 16.4. The average molecular weight is 216 g/mol. The van der Waals surface area contributed by atoms with Crippen LogP contribution in [-0.4, -0.2) is 5.11 Å². The molecule has 16 heavy (non-hydrogen) atoms. The summed E-state index contributed by atoms with van der Waals surface area (Å²) in [6.45, 7) is 3.92. The minimum atomic E-state index is -0.799. The molecule has 1 aromatic heterocycles. The average Bonchev–Trinajstić information content (AvgIpc) is 2.99. The van der Waals surface area contributed by atoms with Gasteiger partial charge in [0, 0.05) is 5.39 Å². The zero-order chi connectivity index (χ0) is 11.3. The lowest BCUT2D eigenvalue weighted by molar-refractivity contribution is 0.0127. The predicted octanol–water partition coefficient (Wildman–Crippen LogP) is 3.36. The van der Waals surface area contributed by atoms with Gasteiger partial charge in [-0.05, 0) is 50.8 Å². The van der Waals surface area contributed by atoms with E-state index in [2.05, 4.69) is 13.0 Å². The van der Waals surface area contributed by atoms with Crippen LogP contribution in [0.4, 0.5) is 0 Å². The summed E-state index contributed by atoms with van der Waals surface area (Å²) in [6.07, 6.45) is 2.20. The number of fused-ring (bicyclic) bond motifs is 1. The molecule has 1 fully saturated rings. The molecule has 0 radical (unpaired) electrons. The second-order valence-electron chi connectivity index (χ2n) is 5.07. The van der Waals surface area contributed by atoms with Crippen molar-refractivity contribution in [3.05, 3.63) is 35.6 Å². The molecule has 1 N–H and O–H groups in total. The van der Waals surface area contributed by atoms with E-state index in [4.69, 9.17) is 4.42 Å². The van der Waals surface area contributed by atoms with Crippen molar-refractivity contribution in [2.45, 2.75) is 32.3 Å². The second kappa shape index (κ2) is 3.11. The van der Waals surface area contributed by atoms with Gasteiger partial charge in [-0.15, -0.1) is 0 Å². The van der Waals surface area contributed by atoms with Gasteiger partial charge >= 0.3 is 0 Å². The minimum Gasteiger partial charge on any atom is -0.458 e. The van der Waals surface area contributed by atoms with Gasteiger partial charge < -0.3 is 9.52 Å².